The van der Waals surface area contributed by atoms with Crippen LogP contribution >= 0.6 is 24.0 Å². The SMILES string of the molecule is CCNC(=NCc1ccc(OCC)c(F)c1)NC(C)C(C)C.I. The Bertz CT molecular complexity index is 495. The van der Waals surface area contributed by atoms with Crippen LogP contribution in [-0.2, 0) is 6.54 Å². The molecule has 2 N–H and O–H groups in total. The lowest BCUT2D eigenvalue weighted by Crippen LogP contribution is -2.44. The Kier molecular flexibility index (Phi) is 11.0. The predicted molar refractivity (Wildman–Crippen MR) is 105 cm³/mol. The highest BCUT2D eigenvalue weighted by Gasteiger charge is 2.09. The average molecular weight is 437 g/mol. The van der Waals surface area contributed by atoms with Gasteiger partial charge in [0.2, 0.25) is 0 Å². The van der Waals surface area contributed by atoms with Gasteiger partial charge in [-0.1, -0.05) is 19.9 Å². The van der Waals surface area contributed by atoms with E-state index in [1.807, 2.05) is 19.9 Å². The molecule has 0 spiro atoms. The van der Waals surface area contributed by atoms with Crippen LogP contribution in [0.15, 0.2) is 23.2 Å². The van der Waals surface area contributed by atoms with E-state index in [0.29, 0.717) is 25.1 Å². The molecular weight excluding hydrogens is 408 g/mol. The largest absolute Gasteiger partial charge is 0.491 e. The van der Waals surface area contributed by atoms with Crippen molar-refractivity contribution in [1.82, 2.24) is 10.6 Å². The molecule has 4 nitrogen and oxygen atoms in total. The van der Waals surface area contributed by atoms with Crippen molar-refractivity contribution < 1.29 is 9.13 Å². The number of aliphatic imine (C=N–C) groups is 1. The van der Waals surface area contributed by atoms with E-state index in [4.69, 9.17) is 4.74 Å². The lowest BCUT2D eigenvalue weighted by atomic mass is 10.1. The topological polar surface area (TPSA) is 45.7 Å². The quantitative estimate of drug-likeness (QED) is 0.386. The summed E-state index contributed by atoms with van der Waals surface area (Å²) in [7, 11) is 0. The van der Waals surface area contributed by atoms with Gasteiger partial charge in [0.25, 0.3) is 0 Å². The summed E-state index contributed by atoms with van der Waals surface area (Å²) < 4.78 is 19.0. The van der Waals surface area contributed by atoms with Crippen LogP contribution in [0.2, 0.25) is 0 Å². The number of nitrogens with zero attached hydrogens (tertiary/aromatic N) is 1. The molecule has 6 heteroatoms. The standard InChI is InChI=1S/C17H28FN3O.HI/c1-6-19-17(21-13(5)12(3)4)20-11-14-8-9-16(22-7-2)15(18)10-14;/h8-10,12-13H,6-7,11H2,1-5H3,(H2,19,20,21);1H. The maximum absolute atomic E-state index is 13.8. The summed E-state index contributed by atoms with van der Waals surface area (Å²) >= 11 is 0. The third kappa shape index (κ3) is 7.85. The maximum Gasteiger partial charge on any atom is 0.191 e. The lowest BCUT2D eigenvalue weighted by Gasteiger charge is -2.20. The van der Waals surface area contributed by atoms with Crippen LogP contribution in [0.3, 0.4) is 0 Å². The van der Waals surface area contributed by atoms with E-state index >= 15 is 0 Å². The number of ether oxygens (including phenoxy) is 1. The highest BCUT2D eigenvalue weighted by molar-refractivity contribution is 14.0. The summed E-state index contributed by atoms with van der Waals surface area (Å²) in [4.78, 5) is 4.51. The molecule has 0 amide bonds. The fourth-order valence-corrected chi connectivity index (χ4v) is 1.79. The summed E-state index contributed by atoms with van der Waals surface area (Å²) in [6, 6.07) is 5.28. The van der Waals surface area contributed by atoms with Crippen LogP contribution in [0.4, 0.5) is 4.39 Å². The molecule has 0 aliphatic carbocycles. The Morgan fingerprint density at radius 2 is 1.96 bits per heavy atom. The second kappa shape index (κ2) is 11.5. The molecule has 0 aliphatic rings. The van der Waals surface area contributed by atoms with E-state index in [9.17, 15) is 4.39 Å². The van der Waals surface area contributed by atoms with Crippen molar-refractivity contribution in [2.75, 3.05) is 13.2 Å². The maximum atomic E-state index is 13.8. The molecule has 23 heavy (non-hydrogen) atoms. The summed E-state index contributed by atoms with van der Waals surface area (Å²) in [5.41, 5.74) is 0.815. The van der Waals surface area contributed by atoms with E-state index in [1.54, 1.807) is 6.07 Å². The zero-order valence-electron chi connectivity index (χ0n) is 14.6. The number of nitrogens with one attached hydrogen (secondary N) is 2. The van der Waals surface area contributed by atoms with E-state index in [2.05, 4.69) is 36.4 Å². The van der Waals surface area contributed by atoms with Gasteiger partial charge in [0.15, 0.2) is 17.5 Å². The minimum atomic E-state index is -0.344. The summed E-state index contributed by atoms with van der Waals surface area (Å²) in [5.74, 6) is 1.20. The third-order valence-corrected chi connectivity index (χ3v) is 3.42. The van der Waals surface area contributed by atoms with E-state index in [0.717, 1.165) is 18.1 Å². The fraction of sp³-hybridized carbons (Fsp3) is 0.588. The number of guanidine groups is 1. The van der Waals surface area contributed by atoms with Crippen LogP contribution in [0.1, 0.15) is 40.2 Å². The van der Waals surface area contributed by atoms with Crippen molar-refractivity contribution in [3.05, 3.63) is 29.6 Å². The Labute approximate surface area is 156 Å². The molecular formula is C17H29FIN3O. The van der Waals surface area contributed by atoms with Gasteiger partial charge in [-0.15, -0.1) is 24.0 Å². The van der Waals surface area contributed by atoms with Crippen molar-refractivity contribution >= 4 is 29.9 Å². The smallest absolute Gasteiger partial charge is 0.191 e. The van der Waals surface area contributed by atoms with Crippen LogP contribution < -0.4 is 15.4 Å². The van der Waals surface area contributed by atoms with Crippen LogP contribution in [-0.4, -0.2) is 25.2 Å². The normalized spacial score (nSPS) is 12.6. The molecule has 0 saturated carbocycles. The number of halogens is 2. The molecule has 0 aromatic heterocycles. The Morgan fingerprint density at radius 1 is 1.26 bits per heavy atom. The zero-order chi connectivity index (χ0) is 16.5. The van der Waals surface area contributed by atoms with E-state index < -0.39 is 0 Å². The molecule has 0 bridgehead atoms. The van der Waals surface area contributed by atoms with Gasteiger partial charge in [-0.2, -0.15) is 0 Å². The minimum Gasteiger partial charge on any atom is -0.491 e. The first-order chi connectivity index (χ1) is 10.5. The molecule has 0 aliphatic heterocycles. The van der Waals surface area contributed by atoms with Gasteiger partial charge in [0.05, 0.1) is 13.2 Å². The molecule has 0 heterocycles. The highest BCUT2D eigenvalue weighted by atomic mass is 127. The number of benzene rings is 1. The molecule has 1 unspecified atom stereocenters. The molecule has 132 valence electrons. The van der Waals surface area contributed by atoms with Gasteiger partial charge in [0, 0.05) is 12.6 Å². The Balaban J connectivity index is 0.00000484. The zero-order valence-corrected chi connectivity index (χ0v) is 17.0. The first kappa shape index (κ1) is 21.9. The first-order valence-corrected chi connectivity index (χ1v) is 7.94. The molecule has 1 aromatic rings. The summed E-state index contributed by atoms with van der Waals surface area (Å²) in [6.45, 7) is 11.9. The molecule has 0 radical (unpaired) electrons. The van der Waals surface area contributed by atoms with Crippen molar-refractivity contribution in [3.8, 4) is 5.75 Å². The molecule has 1 aromatic carbocycles. The second-order valence-electron chi connectivity index (χ2n) is 5.57. The van der Waals surface area contributed by atoms with Gasteiger partial charge in [-0.25, -0.2) is 9.38 Å². The monoisotopic (exact) mass is 437 g/mol. The van der Waals surface area contributed by atoms with Gasteiger partial charge in [-0.05, 0) is 44.4 Å². The van der Waals surface area contributed by atoms with Crippen molar-refractivity contribution in [3.63, 3.8) is 0 Å². The van der Waals surface area contributed by atoms with E-state index in [1.165, 1.54) is 6.07 Å². The summed E-state index contributed by atoms with van der Waals surface area (Å²) in [5, 5.41) is 6.56. The van der Waals surface area contributed by atoms with Crippen molar-refractivity contribution in [2.24, 2.45) is 10.9 Å². The third-order valence-electron chi connectivity index (χ3n) is 3.42. The Hall–Kier alpha value is -1.05. The van der Waals surface area contributed by atoms with Crippen molar-refractivity contribution in [2.45, 2.75) is 47.2 Å². The Morgan fingerprint density at radius 3 is 2.48 bits per heavy atom. The van der Waals surface area contributed by atoms with Crippen LogP contribution in [0, 0.1) is 11.7 Å². The number of rotatable bonds is 7. The molecule has 1 rings (SSSR count). The molecule has 0 fully saturated rings. The fourth-order valence-electron chi connectivity index (χ4n) is 1.79. The summed E-state index contributed by atoms with van der Waals surface area (Å²) in [6.07, 6.45) is 0. The van der Waals surface area contributed by atoms with Crippen molar-refractivity contribution in [1.29, 1.82) is 0 Å². The number of hydrogen-bond acceptors (Lipinski definition) is 2. The first-order valence-electron chi connectivity index (χ1n) is 7.94. The second-order valence-corrected chi connectivity index (χ2v) is 5.57. The van der Waals surface area contributed by atoms with Gasteiger partial charge in [0.1, 0.15) is 0 Å². The molecule has 0 saturated heterocycles. The van der Waals surface area contributed by atoms with E-state index in [-0.39, 0.29) is 35.5 Å². The average Bonchev–Trinajstić information content (AvgIpc) is 2.47. The lowest BCUT2D eigenvalue weighted by molar-refractivity contribution is 0.321. The minimum absolute atomic E-state index is 0. The molecule has 1 atom stereocenters. The van der Waals surface area contributed by atoms with Crippen LogP contribution in [0.5, 0.6) is 5.75 Å². The van der Waals surface area contributed by atoms with Gasteiger partial charge >= 0.3 is 0 Å². The van der Waals surface area contributed by atoms with Crippen LogP contribution in [0.25, 0.3) is 0 Å². The number of hydrogen-bond donors (Lipinski definition) is 2. The highest BCUT2D eigenvalue weighted by Crippen LogP contribution is 2.18. The van der Waals surface area contributed by atoms with Gasteiger partial charge < -0.3 is 15.4 Å². The van der Waals surface area contributed by atoms with Gasteiger partial charge in [-0.3, -0.25) is 0 Å². The predicted octanol–water partition coefficient (Wildman–Crippen LogP) is 3.94.